The molecule has 6 heteroatoms. The number of rotatable bonds is 7. The molecular formula is C63H39N5S. The second-order valence-electron chi connectivity index (χ2n) is 17.5. The summed E-state index contributed by atoms with van der Waals surface area (Å²) >= 11 is 1.88. The van der Waals surface area contributed by atoms with E-state index in [1.54, 1.807) is 0 Å². The number of aromatic nitrogens is 5. The highest BCUT2D eigenvalue weighted by molar-refractivity contribution is 7.26. The first kappa shape index (κ1) is 39.2. The molecule has 0 aliphatic carbocycles. The predicted molar refractivity (Wildman–Crippen MR) is 289 cm³/mol. The molecule has 0 saturated carbocycles. The molecule has 0 aliphatic rings. The summed E-state index contributed by atoms with van der Waals surface area (Å²) in [5, 5.41) is 7.43. The van der Waals surface area contributed by atoms with Crippen molar-refractivity contribution in [3.05, 3.63) is 237 Å². The van der Waals surface area contributed by atoms with Crippen molar-refractivity contribution in [2.75, 3.05) is 0 Å². The van der Waals surface area contributed by atoms with E-state index in [1.165, 1.54) is 47.2 Å². The molecule has 5 nitrogen and oxygen atoms in total. The van der Waals surface area contributed by atoms with E-state index in [-0.39, 0.29) is 0 Å². The van der Waals surface area contributed by atoms with Gasteiger partial charge in [0.2, 0.25) is 0 Å². The van der Waals surface area contributed by atoms with E-state index in [4.69, 9.17) is 15.0 Å². The zero-order valence-electron chi connectivity index (χ0n) is 37.2. The van der Waals surface area contributed by atoms with Crippen molar-refractivity contribution in [2.45, 2.75) is 0 Å². The average molecular weight is 898 g/mol. The number of para-hydroxylation sites is 4. The van der Waals surface area contributed by atoms with Crippen LogP contribution in [0.2, 0.25) is 0 Å². The monoisotopic (exact) mass is 897 g/mol. The van der Waals surface area contributed by atoms with Crippen LogP contribution in [0.25, 0.3) is 132 Å². The summed E-state index contributed by atoms with van der Waals surface area (Å²) in [4.78, 5) is 15.7. The van der Waals surface area contributed by atoms with Gasteiger partial charge in [-0.15, -0.1) is 11.3 Å². The molecule has 14 aromatic rings. The van der Waals surface area contributed by atoms with Gasteiger partial charge >= 0.3 is 0 Å². The molecular weight excluding hydrogens is 859 g/mol. The Kier molecular flexibility index (Phi) is 9.00. The Morgan fingerprint density at radius 1 is 0.304 bits per heavy atom. The molecule has 0 unspecified atom stereocenters. The van der Waals surface area contributed by atoms with Gasteiger partial charge < -0.3 is 9.13 Å². The minimum Gasteiger partial charge on any atom is -0.309 e. The van der Waals surface area contributed by atoms with Gasteiger partial charge in [0.25, 0.3) is 0 Å². The van der Waals surface area contributed by atoms with Gasteiger partial charge in [-0.25, -0.2) is 15.0 Å². The lowest BCUT2D eigenvalue weighted by Gasteiger charge is -2.15. The third-order valence-electron chi connectivity index (χ3n) is 13.5. The minimum absolute atomic E-state index is 0.604. The Morgan fingerprint density at radius 3 is 1.49 bits per heavy atom. The van der Waals surface area contributed by atoms with Gasteiger partial charge in [-0.3, -0.25) is 0 Å². The highest BCUT2D eigenvalue weighted by Crippen LogP contribution is 2.47. The van der Waals surface area contributed by atoms with Crippen molar-refractivity contribution in [1.29, 1.82) is 0 Å². The molecule has 0 saturated heterocycles. The smallest absolute Gasteiger partial charge is 0.164 e. The number of fused-ring (bicyclic) bond motifs is 10. The Bertz CT molecular complexity index is 4230. The largest absolute Gasteiger partial charge is 0.309 e. The second kappa shape index (κ2) is 15.8. The van der Waals surface area contributed by atoms with Crippen molar-refractivity contribution < 1.29 is 0 Å². The summed E-state index contributed by atoms with van der Waals surface area (Å²) < 4.78 is 7.44. The van der Waals surface area contributed by atoms with Crippen molar-refractivity contribution >= 4 is 75.1 Å². The van der Waals surface area contributed by atoms with Crippen molar-refractivity contribution in [2.24, 2.45) is 0 Å². The average Bonchev–Trinajstić information content (AvgIpc) is 4.10. The van der Waals surface area contributed by atoms with E-state index in [9.17, 15) is 0 Å². The molecule has 0 radical (unpaired) electrons. The van der Waals surface area contributed by atoms with E-state index >= 15 is 0 Å². The van der Waals surface area contributed by atoms with Gasteiger partial charge in [-0.2, -0.15) is 0 Å². The van der Waals surface area contributed by atoms with Crippen LogP contribution in [0, 0.1) is 0 Å². The van der Waals surface area contributed by atoms with Crippen molar-refractivity contribution in [1.82, 2.24) is 24.1 Å². The Morgan fingerprint density at radius 2 is 0.797 bits per heavy atom. The van der Waals surface area contributed by atoms with Crippen LogP contribution in [0.1, 0.15) is 0 Å². The van der Waals surface area contributed by atoms with Crippen LogP contribution in [0.3, 0.4) is 0 Å². The molecule has 0 aliphatic heterocycles. The first-order valence-electron chi connectivity index (χ1n) is 23.3. The van der Waals surface area contributed by atoms with Crippen molar-refractivity contribution in [3.63, 3.8) is 0 Å². The standard InChI is InChI=1S/C63H39N5S/c1-5-19-40(20-6-1)61-64-62(41-21-7-2-8-22-41)66-63(65-61)44-38-42(47-29-18-33-54-57(47)51-28-13-15-32-53(51)67(54)45-23-9-3-10-24-45)37-43(39-44)48-30-17-31-52-58-55(68(59(48)52)46-25-11-4-12-26-46)36-35-50-49-27-14-16-34-56(49)69-60(50)58/h1-39H. The normalized spacial score (nSPS) is 11.8. The SMILES string of the molecule is c1ccc(-c2nc(-c3ccccc3)nc(-c3cc(-c4cccc5c4c4ccccc4n5-c4ccccc4)cc(-c4cccc5c6c7sc8ccccc8c7ccc6n(-c6ccccc6)c45)c3)n2)cc1. The van der Waals surface area contributed by atoms with Crippen LogP contribution in [0.5, 0.6) is 0 Å². The summed E-state index contributed by atoms with van der Waals surface area (Å²) in [5.41, 5.74) is 14.0. The first-order chi connectivity index (χ1) is 34.2. The molecule has 0 atom stereocenters. The Labute approximate surface area is 401 Å². The molecule has 4 aromatic heterocycles. The first-order valence-corrected chi connectivity index (χ1v) is 24.1. The summed E-state index contributed by atoms with van der Waals surface area (Å²) in [6.07, 6.45) is 0. The molecule has 0 N–H and O–H groups in total. The topological polar surface area (TPSA) is 48.5 Å². The minimum atomic E-state index is 0.604. The number of hydrogen-bond donors (Lipinski definition) is 0. The summed E-state index contributed by atoms with van der Waals surface area (Å²) in [6.45, 7) is 0. The number of benzene rings is 10. The van der Waals surface area contributed by atoms with Gasteiger partial charge in [0.05, 0.1) is 22.1 Å². The van der Waals surface area contributed by atoms with Crippen LogP contribution in [-0.4, -0.2) is 24.1 Å². The zero-order chi connectivity index (χ0) is 45.4. The van der Waals surface area contributed by atoms with E-state index in [0.29, 0.717) is 17.5 Å². The third-order valence-corrected chi connectivity index (χ3v) is 14.7. The highest BCUT2D eigenvalue weighted by Gasteiger charge is 2.23. The molecule has 0 spiro atoms. The number of thiophene rings is 1. The third kappa shape index (κ3) is 6.34. The number of nitrogens with zero attached hydrogens (tertiary/aromatic N) is 5. The fraction of sp³-hybridized carbons (Fsp3) is 0. The lowest BCUT2D eigenvalue weighted by molar-refractivity contribution is 1.07. The van der Waals surface area contributed by atoms with Gasteiger partial charge in [0, 0.05) is 75.3 Å². The van der Waals surface area contributed by atoms with Crippen LogP contribution in [-0.2, 0) is 0 Å². The molecule has 69 heavy (non-hydrogen) atoms. The van der Waals surface area contributed by atoms with Gasteiger partial charge in [-0.1, -0.05) is 170 Å². The highest BCUT2D eigenvalue weighted by atomic mass is 32.1. The quantitative estimate of drug-likeness (QED) is 0.160. The van der Waals surface area contributed by atoms with Crippen LogP contribution in [0.4, 0.5) is 0 Å². The maximum Gasteiger partial charge on any atom is 0.164 e. The molecule has 0 bridgehead atoms. The molecule has 0 fully saturated rings. The summed E-state index contributed by atoms with van der Waals surface area (Å²) in [5.74, 6) is 1.85. The molecule has 14 rings (SSSR count). The van der Waals surface area contributed by atoms with Crippen molar-refractivity contribution in [3.8, 4) is 67.8 Å². The van der Waals surface area contributed by atoms with Crippen LogP contribution < -0.4 is 0 Å². The molecule has 4 heterocycles. The lowest BCUT2D eigenvalue weighted by atomic mass is 9.92. The Balaban J connectivity index is 1.10. The van der Waals surface area contributed by atoms with Gasteiger partial charge in [0.1, 0.15) is 0 Å². The maximum atomic E-state index is 5.31. The Hall–Kier alpha value is -8.97. The predicted octanol–water partition coefficient (Wildman–Crippen LogP) is 16.8. The fourth-order valence-corrected chi connectivity index (χ4v) is 11.8. The zero-order valence-corrected chi connectivity index (χ0v) is 38.0. The van der Waals surface area contributed by atoms with E-state index in [1.807, 2.05) is 47.7 Å². The van der Waals surface area contributed by atoms with Gasteiger partial charge in [0.15, 0.2) is 17.5 Å². The van der Waals surface area contributed by atoms with Crippen LogP contribution in [0.15, 0.2) is 237 Å². The maximum absolute atomic E-state index is 5.31. The van der Waals surface area contributed by atoms with Crippen LogP contribution >= 0.6 is 11.3 Å². The summed E-state index contributed by atoms with van der Waals surface area (Å²) in [7, 11) is 0. The lowest BCUT2D eigenvalue weighted by Crippen LogP contribution is -2.01. The number of hydrogen-bond acceptors (Lipinski definition) is 4. The summed E-state index contributed by atoms with van der Waals surface area (Å²) in [6, 6.07) is 84.5. The van der Waals surface area contributed by atoms with E-state index < -0.39 is 0 Å². The molecule has 322 valence electrons. The molecule has 0 amide bonds. The second-order valence-corrected chi connectivity index (χ2v) is 18.6. The van der Waals surface area contributed by atoms with E-state index in [0.717, 1.165) is 66.9 Å². The molecule has 10 aromatic carbocycles. The van der Waals surface area contributed by atoms with Gasteiger partial charge in [-0.05, 0) is 83.4 Å². The fourth-order valence-electron chi connectivity index (χ4n) is 10.5. The van der Waals surface area contributed by atoms with E-state index in [2.05, 4.69) is 209 Å².